The number of hydrogen-bond acceptors (Lipinski definition) is 9. The van der Waals surface area contributed by atoms with Gasteiger partial charge in [0.15, 0.2) is 6.29 Å². The third-order valence-electron chi connectivity index (χ3n) is 6.81. The largest absolute Gasteiger partial charge is 0.493 e. The van der Waals surface area contributed by atoms with E-state index in [1.54, 1.807) is 6.92 Å². The van der Waals surface area contributed by atoms with Crippen molar-refractivity contribution >= 4 is 27.5 Å². The Morgan fingerprint density at radius 3 is 2.67 bits per heavy atom. The molecule has 0 radical (unpaired) electrons. The quantitative estimate of drug-likeness (QED) is 0.309. The van der Waals surface area contributed by atoms with E-state index in [0.717, 1.165) is 4.57 Å². The highest BCUT2D eigenvalue weighted by Crippen LogP contribution is 2.38. The lowest BCUT2D eigenvalue weighted by Crippen LogP contribution is -2.52. The normalized spacial score (nSPS) is 16.3. The lowest BCUT2D eigenvalue weighted by atomic mass is 10.1. The van der Waals surface area contributed by atoms with Gasteiger partial charge >= 0.3 is 11.7 Å². The van der Waals surface area contributed by atoms with Crippen molar-refractivity contribution in [3.05, 3.63) is 68.7 Å². The van der Waals surface area contributed by atoms with Crippen LogP contribution < -0.4 is 16.0 Å². The van der Waals surface area contributed by atoms with Crippen LogP contribution in [0.4, 0.5) is 0 Å². The number of benzene rings is 1. The van der Waals surface area contributed by atoms with Crippen molar-refractivity contribution in [2.24, 2.45) is 0 Å². The van der Waals surface area contributed by atoms with Crippen LogP contribution in [0.25, 0.3) is 21.0 Å². The number of oxazole rings is 1. The zero-order valence-corrected chi connectivity index (χ0v) is 22.8. The standard InChI is InChI=1S/C27H29N3O8S/c1-5-35-17-9-7-6-8-16(17)18(38-19-10-12-36-19)14-29-24-20(15(2)21(39-24)22-28-11-13-37-22)23(31)30(26(29)34)27(3,4)25(32)33/h6-9,11,13,18-19H,5,10,12,14H2,1-4H3,(H,32,33)/t18-,19?/m0/s1. The van der Waals surface area contributed by atoms with Gasteiger partial charge < -0.3 is 23.7 Å². The van der Waals surface area contributed by atoms with Gasteiger partial charge in [-0.3, -0.25) is 9.36 Å². The minimum atomic E-state index is -1.82. The van der Waals surface area contributed by atoms with Crippen molar-refractivity contribution in [2.45, 2.75) is 58.6 Å². The molecule has 1 saturated heterocycles. The number of thiophene rings is 1. The number of fused-ring (bicyclic) bond motifs is 1. The number of carboxylic acids is 1. The number of para-hydroxylation sites is 1. The topological polar surface area (TPSA) is 135 Å². The Kier molecular flexibility index (Phi) is 7.19. The smallest absolute Gasteiger partial charge is 0.333 e. The van der Waals surface area contributed by atoms with Crippen LogP contribution in [-0.2, 0) is 26.4 Å². The Morgan fingerprint density at radius 1 is 1.31 bits per heavy atom. The molecule has 1 aliphatic rings. The van der Waals surface area contributed by atoms with E-state index in [0.29, 0.717) is 52.1 Å². The first-order valence-corrected chi connectivity index (χ1v) is 13.4. The van der Waals surface area contributed by atoms with Gasteiger partial charge in [-0.1, -0.05) is 18.2 Å². The molecule has 0 aliphatic carbocycles. The van der Waals surface area contributed by atoms with Gasteiger partial charge in [0, 0.05) is 12.0 Å². The molecule has 0 bridgehead atoms. The van der Waals surface area contributed by atoms with Crippen LogP contribution in [0.2, 0.25) is 0 Å². The van der Waals surface area contributed by atoms with E-state index >= 15 is 0 Å². The molecule has 11 nitrogen and oxygen atoms in total. The van der Waals surface area contributed by atoms with Crippen molar-refractivity contribution in [1.29, 1.82) is 0 Å². The number of aromatic nitrogens is 3. The molecule has 1 unspecified atom stereocenters. The van der Waals surface area contributed by atoms with Gasteiger partial charge in [0.1, 0.15) is 28.5 Å². The first-order chi connectivity index (χ1) is 18.6. The molecule has 5 rings (SSSR count). The van der Waals surface area contributed by atoms with Gasteiger partial charge in [0.05, 0.1) is 36.2 Å². The van der Waals surface area contributed by atoms with Crippen molar-refractivity contribution in [1.82, 2.24) is 14.1 Å². The fourth-order valence-corrected chi connectivity index (χ4v) is 5.80. The Hall–Kier alpha value is -3.74. The molecule has 1 fully saturated rings. The number of aryl methyl sites for hydroxylation is 1. The zero-order valence-electron chi connectivity index (χ0n) is 22.0. The third-order valence-corrected chi connectivity index (χ3v) is 8.11. The molecule has 3 aromatic heterocycles. The second-order valence-corrected chi connectivity index (χ2v) is 10.7. The second kappa shape index (κ2) is 10.4. The molecule has 206 valence electrons. The Bertz CT molecular complexity index is 1630. The first-order valence-electron chi connectivity index (χ1n) is 12.6. The summed E-state index contributed by atoms with van der Waals surface area (Å²) in [6, 6.07) is 7.36. The van der Waals surface area contributed by atoms with E-state index in [4.69, 9.17) is 18.6 Å². The minimum absolute atomic E-state index is 0.0275. The highest BCUT2D eigenvalue weighted by atomic mass is 32.1. The highest BCUT2D eigenvalue weighted by Gasteiger charge is 2.36. The fraction of sp³-hybridized carbons (Fsp3) is 0.407. The third kappa shape index (κ3) is 4.68. The van der Waals surface area contributed by atoms with Crippen molar-refractivity contribution in [2.75, 3.05) is 13.2 Å². The van der Waals surface area contributed by atoms with Gasteiger partial charge in [0.25, 0.3) is 5.56 Å². The second-order valence-electron chi connectivity index (χ2n) is 9.66. The van der Waals surface area contributed by atoms with Crippen LogP contribution >= 0.6 is 11.3 Å². The number of carboxylic acid groups (broad SMARTS) is 1. The van der Waals surface area contributed by atoms with Crippen molar-refractivity contribution in [3.63, 3.8) is 0 Å². The first kappa shape index (κ1) is 26.9. The summed E-state index contributed by atoms with van der Waals surface area (Å²) >= 11 is 1.18. The van der Waals surface area contributed by atoms with Crippen LogP contribution in [0.3, 0.4) is 0 Å². The van der Waals surface area contributed by atoms with Crippen LogP contribution in [0.5, 0.6) is 5.75 Å². The molecule has 39 heavy (non-hydrogen) atoms. The highest BCUT2D eigenvalue weighted by molar-refractivity contribution is 7.22. The van der Waals surface area contributed by atoms with Gasteiger partial charge in [-0.25, -0.2) is 19.1 Å². The summed E-state index contributed by atoms with van der Waals surface area (Å²) in [5.41, 5.74) is -2.04. The molecule has 1 aliphatic heterocycles. The molecule has 2 atom stereocenters. The van der Waals surface area contributed by atoms with Crippen LogP contribution in [0, 0.1) is 6.92 Å². The molecule has 0 saturated carbocycles. The number of carbonyl (C=O) groups is 1. The average Bonchev–Trinajstić information content (AvgIpc) is 3.51. The maximum Gasteiger partial charge on any atom is 0.333 e. The summed E-state index contributed by atoms with van der Waals surface area (Å²) in [5, 5.41) is 10.2. The van der Waals surface area contributed by atoms with E-state index in [9.17, 15) is 19.5 Å². The molecule has 12 heteroatoms. The van der Waals surface area contributed by atoms with E-state index in [2.05, 4.69) is 4.98 Å². The molecule has 0 spiro atoms. The van der Waals surface area contributed by atoms with Gasteiger partial charge in [0.2, 0.25) is 5.89 Å². The average molecular weight is 556 g/mol. The van der Waals surface area contributed by atoms with Crippen LogP contribution in [-0.4, -0.2) is 44.7 Å². The van der Waals surface area contributed by atoms with Gasteiger partial charge in [-0.2, -0.15) is 0 Å². The predicted molar refractivity (Wildman–Crippen MR) is 143 cm³/mol. The number of ether oxygens (including phenoxy) is 3. The molecule has 4 heterocycles. The predicted octanol–water partition coefficient (Wildman–Crippen LogP) is 3.91. The Morgan fingerprint density at radius 2 is 2.05 bits per heavy atom. The zero-order chi connectivity index (χ0) is 27.9. The van der Waals surface area contributed by atoms with Crippen LogP contribution in [0.15, 0.2) is 50.7 Å². The molecule has 1 aromatic carbocycles. The van der Waals surface area contributed by atoms with Crippen molar-refractivity contribution in [3.8, 4) is 16.5 Å². The SMILES string of the molecule is CCOc1ccccc1[C@H](Cn1c(=O)n(C(C)(C)C(=O)O)c(=O)c2c(C)c(-c3ncco3)sc21)OC1CCO1. The minimum Gasteiger partial charge on any atom is -0.493 e. The number of aliphatic carboxylic acids is 1. The summed E-state index contributed by atoms with van der Waals surface area (Å²) in [6.45, 7) is 7.22. The lowest BCUT2D eigenvalue weighted by Gasteiger charge is -2.32. The molecule has 0 amide bonds. The molecule has 1 N–H and O–H groups in total. The summed E-state index contributed by atoms with van der Waals surface area (Å²) in [7, 11) is 0. The summed E-state index contributed by atoms with van der Waals surface area (Å²) in [5.74, 6) is -0.421. The maximum atomic E-state index is 14.0. The Balaban J connectivity index is 1.77. The monoisotopic (exact) mass is 555 g/mol. The van der Waals surface area contributed by atoms with Gasteiger partial charge in [-0.05, 0) is 39.3 Å². The number of nitrogens with zero attached hydrogens (tertiary/aromatic N) is 3. The summed E-state index contributed by atoms with van der Waals surface area (Å²) < 4.78 is 25.4. The van der Waals surface area contributed by atoms with E-state index < -0.39 is 35.2 Å². The number of hydrogen-bond donors (Lipinski definition) is 1. The van der Waals surface area contributed by atoms with Gasteiger partial charge in [-0.15, -0.1) is 11.3 Å². The molecular weight excluding hydrogens is 526 g/mol. The summed E-state index contributed by atoms with van der Waals surface area (Å²) in [6.07, 6.45) is 2.43. The Labute approximate surface area is 227 Å². The molecule has 4 aromatic rings. The number of rotatable bonds is 10. The van der Waals surface area contributed by atoms with Crippen LogP contribution in [0.1, 0.15) is 44.4 Å². The summed E-state index contributed by atoms with van der Waals surface area (Å²) in [4.78, 5) is 45.1. The molecular formula is C27H29N3O8S. The fourth-order valence-electron chi connectivity index (χ4n) is 4.55. The van der Waals surface area contributed by atoms with E-state index in [1.165, 1.54) is 42.2 Å². The van der Waals surface area contributed by atoms with Crippen molar-refractivity contribution < 1.29 is 28.5 Å². The lowest BCUT2D eigenvalue weighted by molar-refractivity contribution is -0.239. The van der Waals surface area contributed by atoms with E-state index in [-0.39, 0.29) is 11.9 Å². The maximum absolute atomic E-state index is 14.0. The van der Waals surface area contributed by atoms with E-state index in [1.807, 2.05) is 31.2 Å².